The second-order valence-electron chi connectivity index (χ2n) is 5.89. The van der Waals surface area contributed by atoms with Crippen LogP contribution in [0.1, 0.15) is 19.3 Å². The van der Waals surface area contributed by atoms with Crippen LogP contribution in [0.4, 0.5) is 0 Å². The highest BCUT2D eigenvalue weighted by Gasteiger charge is 2.28. The SMILES string of the molecule is CN(C)C(=O)CN1CCN(C(=O)[C@H]2CCCCN2)CC1. The molecule has 0 spiro atoms. The summed E-state index contributed by atoms with van der Waals surface area (Å²) < 4.78 is 0. The van der Waals surface area contributed by atoms with Crippen molar-refractivity contribution in [1.82, 2.24) is 20.0 Å². The quantitative estimate of drug-likeness (QED) is 0.748. The smallest absolute Gasteiger partial charge is 0.239 e. The van der Waals surface area contributed by atoms with E-state index in [9.17, 15) is 9.59 Å². The highest BCUT2D eigenvalue weighted by molar-refractivity contribution is 5.82. The average Bonchev–Trinajstić information content (AvgIpc) is 2.48. The minimum absolute atomic E-state index is 0.0127. The summed E-state index contributed by atoms with van der Waals surface area (Å²) in [6.07, 6.45) is 3.27. The summed E-state index contributed by atoms with van der Waals surface area (Å²) >= 11 is 0. The molecule has 0 saturated carbocycles. The zero-order valence-electron chi connectivity index (χ0n) is 12.6. The van der Waals surface area contributed by atoms with Gasteiger partial charge in [-0.05, 0) is 19.4 Å². The van der Waals surface area contributed by atoms with Gasteiger partial charge < -0.3 is 15.1 Å². The normalized spacial score (nSPS) is 24.5. The average molecular weight is 282 g/mol. The highest BCUT2D eigenvalue weighted by Crippen LogP contribution is 2.11. The van der Waals surface area contributed by atoms with Crippen molar-refractivity contribution < 1.29 is 9.59 Å². The molecule has 0 aliphatic carbocycles. The largest absolute Gasteiger partial charge is 0.348 e. The molecule has 2 amide bonds. The van der Waals surface area contributed by atoms with Gasteiger partial charge in [0.25, 0.3) is 0 Å². The summed E-state index contributed by atoms with van der Waals surface area (Å²) in [7, 11) is 3.55. The Labute approximate surface area is 121 Å². The number of amides is 2. The monoisotopic (exact) mass is 282 g/mol. The molecule has 114 valence electrons. The molecular formula is C14H26N4O2. The lowest BCUT2D eigenvalue weighted by molar-refractivity contribution is -0.136. The maximum absolute atomic E-state index is 12.4. The third kappa shape index (κ3) is 3.93. The first-order valence-electron chi connectivity index (χ1n) is 7.52. The van der Waals surface area contributed by atoms with Gasteiger partial charge in [-0.3, -0.25) is 14.5 Å². The number of nitrogens with one attached hydrogen (secondary N) is 1. The van der Waals surface area contributed by atoms with Gasteiger partial charge in [-0.25, -0.2) is 0 Å². The lowest BCUT2D eigenvalue weighted by atomic mass is 10.0. The van der Waals surface area contributed by atoms with Gasteiger partial charge in [0.2, 0.25) is 11.8 Å². The first-order valence-corrected chi connectivity index (χ1v) is 7.52. The molecule has 1 atom stereocenters. The summed E-state index contributed by atoms with van der Waals surface area (Å²) in [5.41, 5.74) is 0. The highest BCUT2D eigenvalue weighted by atomic mass is 16.2. The predicted molar refractivity (Wildman–Crippen MR) is 77.4 cm³/mol. The Bertz CT molecular complexity index is 345. The molecule has 0 aromatic rings. The fourth-order valence-electron chi connectivity index (χ4n) is 2.74. The molecule has 0 unspecified atom stereocenters. The zero-order valence-corrected chi connectivity index (χ0v) is 12.6. The van der Waals surface area contributed by atoms with E-state index in [1.54, 1.807) is 19.0 Å². The van der Waals surface area contributed by atoms with Gasteiger partial charge in [0, 0.05) is 40.3 Å². The van der Waals surface area contributed by atoms with Crippen molar-refractivity contribution >= 4 is 11.8 Å². The van der Waals surface area contributed by atoms with E-state index >= 15 is 0 Å². The van der Waals surface area contributed by atoms with Crippen LogP contribution in [0.25, 0.3) is 0 Å². The van der Waals surface area contributed by atoms with E-state index in [1.165, 1.54) is 6.42 Å². The number of carbonyl (C=O) groups is 2. The summed E-state index contributed by atoms with van der Waals surface area (Å²) in [4.78, 5) is 29.7. The van der Waals surface area contributed by atoms with Crippen LogP contribution in [-0.2, 0) is 9.59 Å². The molecule has 6 nitrogen and oxygen atoms in total. The number of nitrogens with zero attached hydrogens (tertiary/aromatic N) is 3. The summed E-state index contributed by atoms with van der Waals surface area (Å²) in [5.74, 6) is 0.363. The lowest BCUT2D eigenvalue weighted by Gasteiger charge is -2.37. The van der Waals surface area contributed by atoms with E-state index in [4.69, 9.17) is 0 Å². The molecule has 2 saturated heterocycles. The lowest BCUT2D eigenvalue weighted by Crippen LogP contribution is -2.55. The number of rotatable bonds is 3. The summed E-state index contributed by atoms with van der Waals surface area (Å²) in [6.45, 7) is 4.45. The topological polar surface area (TPSA) is 55.9 Å². The molecule has 1 N–H and O–H groups in total. The number of piperazine rings is 1. The fourth-order valence-corrected chi connectivity index (χ4v) is 2.74. The van der Waals surface area contributed by atoms with Crippen LogP contribution in [-0.4, -0.2) is 85.9 Å². The molecule has 0 radical (unpaired) electrons. The van der Waals surface area contributed by atoms with Gasteiger partial charge in [-0.1, -0.05) is 6.42 Å². The molecule has 20 heavy (non-hydrogen) atoms. The van der Waals surface area contributed by atoms with Crippen LogP contribution in [0.3, 0.4) is 0 Å². The van der Waals surface area contributed by atoms with E-state index in [0.29, 0.717) is 6.54 Å². The number of piperidine rings is 1. The molecule has 2 rings (SSSR count). The number of likely N-dealkylation sites (N-methyl/N-ethyl adjacent to an activating group) is 1. The van der Waals surface area contributed by atoms with Crippen molar-refractivity contribution in [2.45, 2.75) is 25.3 Å². The Morgan fingerprint density at radius 1 is 1.15 bits per heavy atom. The zero-order chi connectivity index (χ0) is 14.5. The number of hydrogen-bond donors (Lipinski definition) is 1. The minimum Gasteiger partial charge on any atom is -0.348 e. The Balaban J connectivity index is 1.76. The molecular weight excluding hydrogens is 256 g/mol. The van der Waals surface area contributed by atoms with E-state index in [0.717, 1.165) is 45.6 Å². The van der Waals surface area contributed by atoms with Gasteiger partial charge in [-0.15, -0.1) is 0 Å². The van der Waals surface area contributed by atoms with Gasteiger partial charge in [-0.2, -0.15) is 0 Å². The van der Waals surface area contributed by atoms with Crippen molar-refractivity contribution in [2.24, 2.45) is 0 Å². The minimum atomic E-state index is 0.0127. The van der Waals surface area contributed by atoms with Crippen LogP contribution >= 0.6 is 0 Å². The molecule has 0 aromatic heterocycles. The Hall–Kier alpha value is -1.14. The molecule has 0 bridgehead atoms. The van der Waals surface area contributed by atoms with Gasteiger partial charge in [0.1, 0.15) is 0 Å². The van der Waals surface area contributed by atoms with E-state index in [-0.39, 0.29) is 17.9 Å². The maximum atomic E-state index is 12.4. The van der Waals surface area contributed by atoms with Gasteiger partial charge >= 0.3 is 0 Å². The van der Waals surface area contributed by atoms with Crippen molar-refractivity contribution in [1.29, 1.82) is 0 Å². The van der Waals surface area contributed by atoms with Crippen molar-refractivity contribution in [3.05, 3.63) is 0 Å². The van der Waals surface area contributed by atoms with Crippen molar-refractivity contribution in [3.63, 3.8) is 0 Å². The first-order chi connectivity index (χ1) is 9.58. The molecule has 0 aromatic carbocycles. The standard InChI is InChI=1S/C14H26N4O2/c1-16(2)13(19)11-17-7-9-18(10-8-17)14(20)12-5-3-4-6-15-12/h12,15H,3-11H2,1-2H3/t12-/m1/s1. The molecule has 2 aliphatic heterocycles. The molecule has 6 heteroatoms. The maximum Gasteiger partial charge on any atom is 0.239 e. The van der Waals surface area contributed by atoms with Crippen LogP contribution in [0.15, 0.2) is 0 Å². The van der Waals surface area contributed by atoms with Crippen LogP contribution < -0.4 is 5.32 Å². The second-order valence-corrected chi connectivity index (χ2v) is 5.89. The number of carbonyl (C=O) groups excluding carboxylic acids is 2. The van der Waals surface area contributed by atoms with Gasteiger partial charge in [0.05, 0.1) is 12.6 Å². The van der Waals surface area contributed by atoms with Crippen molar-refractivity contribution in [3.8, 4) is 0 Å². The third-order valence-corrected chi connectivity index (χ3v) is 4.15. The van der Waals surface area contributed by atoms with E-state index < -0.39 is 0 Å². The van der Waals surface area contributed by atoms with Crippen LogP contribution in [0.5, 0.6) is 0 Å². The predicted octanol–water partition coefficient (Wildman–Crippen LogP) is -0.639. The van der Waals surface area contributed by atoms with E-state index in [1.807, 2.05) is 4.90 Å². The van der Waals surface area contributed by atoms with Crippen LogP contribution in [0, 0.1) is 0 Å². The summed E-state index contributed by atoms with van der Waals surface area (Å²) in [6, 6.07) is 0.0127. The van der Waals surface area contributed by atoms with Gasteiger partial charge in [0.15, 0.2) is 0 Å². The third-order valence-electron chi connectivity index (χ3n) is 4.15. The van der Waals surface area contributed by atoms with Crippen molar-refractivity contribution in [2.75, 3.05) is 53.4 Å². The summed E-state index contributed by atoms with van der Waals surface area (Å²) in [5, 5.41) is 3.31. The van der Waals surface area contributed by atoms with Crippen LogP contribution in [0.2, 0.25) is 0 Å². The Morgan fingerprint density at radius 2 is 1.85 bits per heavy atom. The Kier molecular flexibility index (Phi) is 5.37. The fraction of sp³-hybridized carbons (Fsp3) is 0.857. The second kappa shape index (κ2) is 7.04. The Morgan fingerprint density at radius 3 is 2.40 bits per heavy atom. The molecule has 2 aliphatic rings. The number of hydrogen-bond acceptors (Lipinski definition) is 4. The molecule has 2 fully saturated rings. The first kappa shape index (κ1) is 15.3. The molecule has 2 heterocycles. The van der Waals surface area contributed by atoms with E-state index in [2.05, 4.69) is 10.2 Å².